The summed E-state index contributed by atoms with van der Waals surface area (Å²) in [5, 5.41) is 17.8. The standard InChI is InChI=1S/C28H24N2O/c1-19(28(31)21-10-3-2-4-11-21)29-27-18-26(30-25-14-8-7-13-24(25)27)23-16-15-20-9-5-6-12-22(20)17-23/h2-19,28,31H,1H3,(H,29,30)/t19-,28-/m1/s1. The Morgan fingerprint density at radius 2 is 1.45 bits per heavy atom. The molecule has 31 heavy (non-hydrogen) atoms. The third-order valence-corrected chi connectivity index (χ3v) is 5.76. The van der Waals surface area contributed by atoms with Crippen molar-refractivity contribution in [3.8, 4) is 11.3 Å². The fourth-order valence-electron chi connectivity index (χ4n) is 4.05. The average molecular weight is 405 g/mol. The molecular weight excluding hydrogens is 380 g/mol. The summed E-state index contributed by atoms with van der Waals surface area (Å²) in [7, 11) is 0. The summed E-state index contributed by atoms with van der Waals surface area (Å²) in [6.07, 6.45) is -0.614. The van der Waals surface area contributed by atoms with E-state index >= 15 is 0 Å². The van der Waals surface area contributed by atoms with Gasteiger partial charge in [0.1, 0.15) is 0 Å². The number of hydrogen-bond donors (Lipinski definition) is 2. The van der Waals surface area contributed by atoms with Crippen molar-refractivity contribution in [2.75, 3.05) is 5.32 Å². The lowest BCUT2D eigenvalue weighted by Gasteiger charge is -2.23. The van der Waals surface area contributed by atoms with Crippen LogP contribution in [0.2, 0.25) is 0 Å². The molecule has 1 heterocycles. The van der Waals surface area contributed by atoms with E-state index in [0.29, 0.717) is 0 Å². The highest BCUT2D eigenvalue weighted by atomic mass is 16.3. The second-order valence-corrected chi connectivity index (χ2v) is 7.92. The van der Waals surface area contributed by atoms with Crippen molar-refractivity contribution in [3.63, 3.8) is 0 Å². The Morgan fingerprint density at radius 1 is 0.742 bits per heavy atom. The molecule has 0 fully saturated rings. The van der Waals surface area contributed by atoms with Gasteiger partial charge in [0.05, 0.1) is 23.4 Å². The molecule has 0 bridgehead atoms. The largest absolute Gasteiger partial charge is 0.386 e. The van der Waals surface area contributed by atoms with Gasteiger partial charge in [-0.3, -0.25) is 0 Å². The lowest BCUT2D eigenvalue weighted by Crippen LogP contribution is -2.24. The smallest absolute Gasteiger partial charge is 0.0988 e. The second-order valence-electron chi connectivity index (χ2n) is 7.92. The van der Waals surface area contributed by atoms with Crippen molar-refractivity contribution in [1.82, 2.24) is 4.98 Å². The zero-order chi connectivity index (χ0) is 21.2. The van der Waals surface area contributed by atoms with Gasteiger partial charge in [0.2, 0.25) is 0 Å². The molecule has 3 heteroatoms. The molecule has 0 aliphatic rings. The molecule has 0 unspecified atom stereocenters. The number of aliphatic hydroxyl groups excluding tert-OH is 1. The predicted molar refractivity (Wildman–Crippen MR) is 129 cm³/mol. The van der Waals surface area contributed by atoms with Crippen LogP contribution in [-0.2, 0) is 0 Å². The van der Waals surface area contributed by atoms with Crippen molar-refractivity contribution in [2.45, 2.75) is 19.1 Å². The van der Waals surface area contributed by atoms with Crippen LogP contribution in [0.15, 0.2) is 103 Å². The number of nitrogens with one attached hydrogen (secondary N) is 1. The van der Waals surface area contributed by atoms with Gasteiger partial charge in [-0.25, -0.2) is 4.98 Å². The number of pyridine rings is 1. The van der Waals surface area contributed by atoms with Crippen LogP contribution in [0.5, 0.6) is 0 Å². The molecule has 5 aromatic rings. The van der Waals surface area contributed by atoms with E-state index in [1.807, 2.05) is 55.5 Å². The molecule has 3 nitrogen and oxygen atoms in total. The Balaban J connectivity index is 1.55. The monoisotopic (exact) mass is 404 g/mol. The summed E-state index contributed by atoms with van der Waals surface area (Å²) < 4.78 is 0. The van der Waals surface area contributed by atoms with Crippen LogP contribution in [0.3, 0.4) is 0 Å². The van der Waals surface area contributed by atoms with Crippen LogP contribution in [-0.4, -0.2) is 16.1 Å². The number of anilines is 1. The Labute approximate surface area is 182 Å². The predicted octanol–water partition coefficient (Wildman–Crippen LogP) is 6.59. The number of hydrogen-bond acceptors (Lipinski definition) is 3. The molecule has 152 valence electrons. The maximum Gasteiger partial charge on any atom is 0.0988 e. The fourth-order valence-corrected chi connectivity index (χ4v) is 4.05. The third-order valence-electron chi connectivity index (χ3n) is 5.76. The van der Waals surface area contributed by atoms with Gasteiger partial charge in [0.15, 0.2) is 0 Å². The lowest BCUT2D eigenvalue weighted by molar-refractivity contribution is 0.161. The molecule has 4 aromatic carbocycles. The molecule has 1 aromatic heterocycles. The number of benzene rings is 4. The number of para-hydroxylation sites is 1. The van der Waals surface area contributed by atoms with E-state index in [-0.39, 0.29) is 6.04 Å². The van der Waals surface area contributed by atoms with Crippen LogP contribution < -0.4 is 5.32 Å². The first-order chi connectivity index (χ1) is 15.2. The van der Waals surface area contributed by atoms with Crippen LogP contribution in [0.4, 0.5) is 5.69 Å². The summed E-state index contributed by atoms with van der Waals surface area (Å²) in [5.74, 6) is 0. The van der Waals surface area contributed by atoms with Gasteiger partial charge >= 0.3 is 0 Å². The van der Waals surface area contributed by atoms with Crippen molar-refractivity contribution in [3.05, 3.63) is 109 Å². The highest BCUT2D eigenvalue weighted by Gasteiger charge is 2.18. The van der Waals surface area contributed by atoms with Gasteiger partial charge in [0, 0.05) is 16.6 Å². The highest BCUT2D eigenvalue weighted by molar-refractivity contribution is 5.95. The first-order valence-electron chi connectivity index (χ1n) is 10.6. The minimum atomic E-state index is -0.614. The summed E-state index contributed by atoms with van der Waals surface area (Å²) in [5.41, 5.74) is 4.78. The summed E-state index contributed by atoms with van der Waals surface area (Å²) >= 11 is 0. The number of fused-ring (bicyclic) bond motifs is 2. The van der Waals surface area contributed by atoms with E-state index in [4.69, 9.17) is 4.98 Å². The molecule has 0 aliphatic heterocycles. The van der Waals surface area contributed by atoms with Crippen LogP contribution in [0, 0.1) is 0 Å². The molecule has 5 rings (SSSR count). The molecule has 0 spiro atoms. The van der Waals surface area contributed by atoms with Gasteiger partial charge in [-0.15, -0.1) is 0 Å². The van der Waals surface area contributed by atoms with Gasteiger partial charge in [-0.05, 0) is 41.5 Å². The minimum Gasteiger partial charge on any atom is -0.386 e. The Kier molecular flexibility index (Phi) is 5.11. The number of rotatable bonds is 5. The Bertz CT molecular complexity index is 1350. The Hall–Kier alpha value is -3.69. The van der Waals surface area contributed by atoms with Crippen molar-refractivity contribution < 1.29 is 5.11 Å². The fraction of sp³-hybridized carbons (Fsp3) is 0.107. The first kappa shape index (κ1) is 19.3. The lowest BCUT2D eigenvalue weighted by atomic mass is 10.0. The highest BCUT2D eigenvalue weighted by Crippen LogP contribution is 2.31. The Morgan fingerprint density at radius 3 is 2.29 bits per heavy atom. The molecule has 2 atom stereocenters. The summed E-state index contributed by atoms with van der Waals surface area (Å²) in [4.78, 5) is 4.92. The topological polar surface area (TPSA) is 45.2 Å². The quantitative estimate of drug-likeness (QED) is 0.347. The van der Waals surface area contributed by atoms with E-state index in [2.05, 4.69) is 59.9 Å². The van der Waals surface area contributed by atoms with Crippen molar-refractivity contribution >= 4 is 27.4 Å². The molecule has 0 amide bonds. The maximum atomic E-state index is 10.8. The van der Waals surface area contributed by atoms with Crippen molar-refractivity contribution in [2.24, 2.45) is 0 Å². The second kappa shape index (κ2) is 8.21. The first-order valence-corrected chi connectivity index (χ1v) is 10.6. The van der Waals surface area contributed by atoms with Crippen LogP contribution in [0.1, 0.15) is 18.6 Å². The molecule has 0 aliphatic carbocycles. The van der Waals surface area contributed by atoms with E-state index in [1.54, 1.807) is 0 Å². The number of aliphatic hydroxyl groups is 1. The van der Waals surface area contributed by atoms with E-state index in [0.717, 1.165) is 33.4 Å². The number of aromatic nitrogens is 1. The van der Waals surface area contributed by atoms with E-state index in [9.17, 15) is 5.11 Å². The van der Waals surface area contributed by atoms with Crippen molar-refractivity contribution in [1.29, 1.82) is 0 Å². The van der Waals surface area contributed by atoms with E-state index in [1.165, 1.54) is 10.8 Å². The van der Waals surface area contributed by atoms with Gasteiger partial charge in [-0.2, -0.15) is 0 Å². The summed E-state index contributed by atoms with van der Waals surface area (Å²) in [6.45, 7) is 2.00. The van der Waals surface area contributed by atoms with Gasteiger partial charge in [0.25, 0.3) is 0 Å². The number of nitrogens with zero attached hydrogens (tertiary/aromatic N) is 1. The zero-order valence-electron chi connectivity index (χ0n) is 17.4. The van der Waals surface area contributed by atoms with E-state index < -0.39 is 6.10 Å². The zero-order valence-corrected chi connectivity index (χ0v) is 17.4. The molecule has 0 saturated carbocycles. The normalized spacial score (nSPS) is 13.2. The molecule has 2 N–H and O–H groups in total. The van der Waals surface area contributed by atoms with Crippen LogP contribution >= 0.6 is 0 Å². The van der Waals surface area contributed by atoms with Crippen LogP contribution in [0.25, 0.3) is 32.9 Å². The SMILES string of the molecule is C[C@@H](Nc1cc(-c2ccc3ccccc3c2)nc2ccccc12)[C@@H](O)c1ccccc1. The van der Waals surface area contributed by atoms with Gasteiger partial charge < -0.3 is 10.4 Å². The van der Waals surface area contributed by atoms with Gasteiger partial charge in [-0.1, -0.05) is 84.9 Å². The average Bonchev–Trinajstić information content (AvgIpc) is 2.83. The molecule has 0 saturated heterocycles. The molecular formula is C28H24N2O. The molecule has 0 radical (unpaired) electrons. The summed E-state index contributed by atoms with van der Waals surface area (Å²) in [6, 6.07) is 34.6. The maximum absolute atomic E-state index is 10.8. The minimum absolute atomic E-state index is 0.169. The third kappa shape index (κ3) is 3.88.